The van der Waals surface area contributed by atoms with Gasteiger partial charge < -0.3 is 11.1 Å². The van der Waals surface area contributed by atoms with E-state index in [1.54, 1.807) is 42.6 Å². The Labute approximate surface area is 162 Å². The van der Waals surface area contributed by atoms with Gasteiger partial charge in [0, 0.05) is 30.3 Å². The number of hydrogen-bond acceptors (Lipinski definition) is 5. The van der Waals surface area contributed by atoms with Gasteiger partial charge in [0.15, 0.2) is 0 Å². The molecule has 27 heavy (non-hydrogen) atoms. The van der Waals surface area contributed by atoms with Crippen molar-refractivity contribution in [3.8, 4) is 0 Å². The number of carbonyl (C=O) groups is 2. The predicted molar refractivity (Wildman–Crippen MR) is 104 cm³/mol. The molecule has 0 radical (unpaired) electrons. The third kappa shape index (κ3) is 4.20. The molecule has 0 unspecified atom stereocenters. The third-order valence-corrected chi connectivity index (χ3v) is 7.95. The van der Waals surface area contributed by atoms with Crippen LogP contribution >= 0.6 is 11.3 Å². The summed E-state index contributed by atoms with van der Waals surface area (Å²) < 4.78 is 26.8. The molecule has 2 amide bonds. The van der Waals surface area contributed by atoms with Gasteiger partial charge in [-0.05, 0) is 55.0 Å². The highest BCUT2D eigenvalue weighted by Gasteiger charge is 2.32. The molecule has 1 aliphatic heterocycles. The number of nitrogens with two attached hydrogens (primary N) is 1. The lowest BCUT2D eigenvalue weighted by Gasteiger charge is -2.30. The van der Waals surface area contributed by atoms with Crippen molar-refractivity contribution >= 4 is 38.9 Å². The minimum absolute atomic E-state index is 0.144. The van der Waals surface area contributed by atoms with Crippen molar-refractivity contribution in [1.82, 2.24) is 4.31 Å². The summed E-state index contributed by atoms with van der Waals surface area (Å²) in [6, 6.07) is 8.24. The third-order valence-electron chi connectivity index (χ3n) is 4.67. The molecule has 2 heterocycles. The molecule has 1 saturated heterocycles. The predicted octanol–water partition coefficient (Wildman–Crippen LogP) is 2.19. The van der Waals surface area contributed by atoms with Gasteiger partial charge in [0.25, 0.3) is 10.0 Å². The van der Waals surface area contributed by atoms with Crippen LogP contribution in [0.2, 0.25) is 0 Å². The van der Waals surface area contributed by atoms with Crippen molar-refractivity contribution in [2.75, 3.05) is 18.4 Å². The maximum absolute atomic E-state index is 12.5. The van der Waals surface area contributed by atoms with E-state index >= 15 is 0 Å². The first kappa shape index (κ1) is 19.5. The van der Waals surface area contributed by atoms with Crippen LogP contribution in [0.25, 0.3) is 0 Å². The summed E-state index contributed by atoms with van der Waals surface area (Å²) >= 11 is 1.20. The molecule has 3 N–H and O–H groups in total. The maximum atomic E-state index is 12.5. The van der Waals surface area contributed by atoms with Crippen LogP contribution in [-0.4, -0.2) is 37.6 Å². The highest BCUT2D eigenvalue weighted by molar-refractivity contribution is 7.91. The zero-order valence-electron chi connectivity index (χ0n) is 14.8. The van der Waals surface area contributed by atoms with E-state index in [4.69, 9.17) is 5.73 Å². The number of rotatable bonds is 5. The number of nitrogens with zero attached hydrogens (tertiary/aromatic N) is 1. The second kappa shape index (κ2) is 7.79. The molecule has 0 aliphatic carbocycles. The Balaban J connectivity index is 1.60. The fourth-order valence-electron chi connectivity index (χ4n) is 3.16. The lowest BCUT2D eigenvalue weighted by molar-refractivity contribution is -0.120. The molecular weight excluding hydrogens is 386 g/mol. The van der Waals surface area contributed by atoms with Crippen LogP contribution in [0.5, 0.6) is 0 Å². The topological polar surface area (TPSA) is 110 Å². The SMILES string of the molecule is Cc1cc(NC(=O)C2CCN(S(=O)(=O)c3cccs3)CC2)ccc1C(N)=O. The number of anilines is 1. The molecule has 9 heteroatoms. The van der Waals surface area contributed by atoms with Crippen LogP contribution in [0.15, 0.2) is 39.9 Å². The Morgan fingerprint density at radius 1 is 1.22 bits per heavy atom. The van der Waals surface area contributed by atoms with Crippen molar-refractivity contribution in [1.29, 1.82) is 0 Å². The summed E-state index contributed by atoms with van der Waals surface area (Å²) in [6.45, 7) is 2.39. The van der Waals surface area contributed by atoms with Crippen molar-refractivity contribution in [3.05, 3.63) is 46.8 Å². The summed E-state index contributed by atoms with van der Waals surface area (Å²) in [5.74, 6) is -0.907. The molecular formula is C18H21N3O4S2. The minimum atomic E-state index is -3.47. The first-order valence-corrected chi connectivity index (χ1v) is 10.9. The zero-order chi connectivity index (χ0) is 19.6. The van der Waals surface area contributed by atoms with Crippen molar-refractivity contribution in [2.45, 2.75) is 24.0 Å². The summed E-state index contributed by atoms with van der Waals surface area (Å²) in [4.78, 5) is 23.8. The molecule has 1 aliphatic rings. The van der Waals surface area contributed by atoms with Gasteiger partial charge in [-0.25, -0.2) is 8.42 Å². The van der Waals surface area contributed by atoms with E-state index in [1.807, 2.05) is 0 Å². The van der Waals surface area contributed by atoms with E-state index in [0.29, 0.717) is 47.0 Å². The van der Waals surface area contributed by atoms with Crippen molar-refractivity contribution < 1.29 is 18.0 Å². The maximum Gasteiger partial charge on any atom is 0.252 e. The Hall–Kier alpha value is -2.23. The smallest absolute Gasteiger partial charge is 0.252 e. The summed E-state index contributed by atoms with van der Waals surface area (Å²) in [7, 11) is -3.47. The van der Waals surface area contributed by atoms with Gasteiger partial charge in [0.05, 0.1) is 0 Å². The molecule has 0 saturated carbocycles. The van der Waals surface area contributed by atoms with Crippen molar-refractivity contribution in [2.24, 2.45) is 11.7 Å². The number of primary amides is 1. The molecule has 1 fully saturated rings. The van der Waals surface area contributed by atoms with Gasteiger partial charge >= 0.3 is 0 Å². The number of aryl methyl sites for hydroxylation is 1. The number of nitrogens with one attached hydrogen (secondary N) is 1. The molecule has 0 spiro atoms. The largest absolute Gasteiger partial charge is 0.366 e. The average Bonchev–Trinajstić information content (AvgIpc) is 3.17. The van der Waals surface area contributed by atoms with Crippen LogP contribution in [0, 0.1) is 12.8 Å². The molecule has 0 bridgehead atoms. The number of carbonyl (C=O) groups excluding carboxylic acids is 2. The number of hydrogen-bond donors (Lipinski definition) is 2. The minimum Gasteiger partial charge on any atom is -0.366 e. The normalized spacial score (nSPS) is 16.2. The van der Waals surface area contributed by atoms with Gasteiger partial charge in [-0.15, -0.1) is 11.3 Å². The van der Waals surface area contributed by atoms with Gasteiger partial charge in [-0.1, -0.05) is 6.07 Å². The van der Waals surface area contributed by atoms with E-state index in [-0.39, 0.29) is 11.8 Å². The monoisotopic (exact) mass is 407 g/mol. The van der Waals surface area contributed by atoms with Gasteiger partial charge in [0.1, 0.15) is 4.21 Å². The van der Waals surface area contributed by atoms with Gasteiger partial charge in [0.2, 0.25) is 11.8 Å². The van der Waals surface area contributed by atoms with E-state index in [1.165, 1.54) is 15.6 Å². The Kier molecular flexibility index (Phi) is 5.64. The first-order chi connectivity index (χ1) is 12.8. The first-order valence-electron chi connectivity index (χ1n) is 8.54. The highest BCUT2D eigenvalue weighted by Crippen LogP contribution is 2.27. The highest BCUT2D eigenvalue weighted by atomic mass is 32.2. The Morgan fingerprint density at radius 3 is 2.48 bits per heavy atom. The summed E-state index contributed by atoms with van der Waals surface area (Å²) in [5.41, 5.74) is 6.99. The number of piperidine rings is 1. The second-order valence-electron chi connectivity index (χ2n) is 6.49. The fraction of sp³-hybridized carbons (Fsp3) is 0.333. The number of amides is 2. The van der Waals surface area contributed by atoms with Crippen LogP contribution in [0.3, 0.4) is 0 Å². The zero-order valence-corrected chi connectivity index (χ0v) is 16.5. The molecule has 0 atom stereocenters. The number of benzene rings is 1. The molecule has 7 nitrogen and oxygen atoms in total. The second-order valence-corrected chi connectivity index (χ2v) is 9.61. The quantitative estimate of drug-likeness (QED) is 0.792. The summed E-state index contributed by atoms with van der Waals surface area (Å²) in [5, 5.41) is 4.58. The van der Waals surface area contributed by atoms with E-state index in [0.717, 1.165) is 0 Å². The average molecular weight is 408 g/mol. The van der Waals surface area contributed by atoms with Crippen LogP contribution < -0.4 is 11.1 Å². The Bertz CT molecular complexity index is 947. The van der Waals surface area contributed by atoms with Gasteiger partial charge in [-0.2, -0.15) is 4.31 Å². The number of sulfonamides is 1. The fourth-order valence-corrected chi connectivity index (χ4v) is 5.77. The molecule has 1 aromatic heterocycles. The van der Waals surface area contributed by atoms with E-state index in [2.05, 4.69) is 5.32 Å². The molecule has 1 aromatic carbocycles. The molecule has 2 aromatic rings. The van der Waals surface area contributed by atoms with Gasteiger partial charge in [-0.3, -0.25) is 9.59 Å². The van der Waals surface area contributed by atoms with E-state index in [9.17, 15) is 18.0 Å². The molecule has 144 valence electrons. The van der Waals surface area contributed by atoms with Crippen LogP contribution in [0.4, 0.5) is 5.69 Å². The van der Waals surface area contributed by atoms with Crippen LogP contribution in [-0.2, 0) is 14.8 Å². The Morgan fingerprint density at radius 2 is 1.93 bits per heavy atom. The van der Waals surface area contributed by atoms with E-state index < -0.39 is 15.9 Å². The lowest BCUT2D eigenvalue weighted by Crippen LogP contribution is -2.41. The standard InChI is InChI=1S/C18H21N3O4S2/c1-12-11-14(4-5-15(12)17(19)22)20-18(23)13-6-8-21(9-7-13)27(24,25)16-3-2-10-26-16/h2-5,10-11,13H,6-9H2,1H3,(H2,19,22)(H,20,23). The molecule has 3 rings (SSSR count). The number of thiophene rings is 1. The lowest BCUT2D eigenvalue weighted by atomic mass is 9.97. The van der Waals surface area contributed by atoms with Crippen LogP contribution in [0.1, 0.15) is 28.8 Å². The summed E-state index contributed by atoms with van der Waals surface area (Å²) in [6.07, 6.45) is 0.934. The van der Waals surface area contributed by atoms with Crippen molar-refractivity contribution in [3.63, 3.8) is 0 Å².